The molecular formula is C9H18N2O3. The molecule has 0 aromatic rings. The Hall–Kier alpha value is -0.650. The van der Waals surface area contributed by atoms with E-state index in [2.05, 4.69) is 10.6 Å². The number of aliphatic hydroxyl groups excluding tert-OH is 2. The summed E-state index contributed by atoms with van der Waals surface area (Å²) in [6, 6.07) is -0.251. The Balaban J connectivity index is 2.09. The summed E-state index contributed by atoms with van der Waals surface area (Å²) in [6.45, 7) is 1.25. The van der Waals surface area contributed by atoms with Gasteiger partial charge in [0.1, 0.15) is 0 Å². The molecule has 2 atom stereocenters. The fourth-order valence-corrected chi connectivity index (χ4v) is 1.49. The minimum absolute atomic E-state index is 0.0560. The SMILES string of the molecule is O=C(NCCCCO)C1CC(O)CN1. The first-order valence-corrected chi connectivity index (χ1v) is 5.04. The first-order valence-electron chi connectivity index (χ1n) is 5.04. The zero-order chi connectivity index (χ0) is 10.4. The van der Waals surface area contributed by atoms with Gasteiger partial charge in [-0.1, -0.05) is 0 Å². The van der Waals surface area contributed by atoms with Crippen LogP contribution in [0.2, 0.25) is 0 Å². The van der Waals surface area contributed by atoms with E-state index in [0.717, 1.165) is 6.42 Å². The standard InChI is InChI=1S/C9H18N2O3/c12-4-2-1-3-10-9(14)8-5-7(13)6-11-8/h7-8,11-13H,1-6H2,(H,10,14). The lowest BCUT2D eigenvalue weighted by Gasteiger charge is -2.10. The second kappa shape index (κ2) is 5.95. The van der Waals surface area contributed by atoms with Gasteiger partial charge in [0.05, 0.1) is 12.1 Å². The number of hydrogen-bond acceptors (Lipinski definition) is 4. The molecule has 1 aliphatic rings. The van der Waals surface area contributed by atoms with E-state index < -0.39 is 6.10 Å². The van der Waals surface area contributed by atoms with Crippen LogP contribution in [0.1, 0.15) is 19.3 Å². The summed E-state index contributed by atoms with van der Waals surface area (Å²) in [4.78, 5) is 11.4. The van der Waals surface area contributed by atoms with Crippen LogP contribution in [0.5, 0.6) is 0 Å². The lowest BCUT2D eigenvalue weighted by atomic mass is 10.2. The van der Waals surface area contributed by atoms with Crippen molar-refractivity contribution in [2.75, 3.05) is 19.7 Å². The molecule has 1 rings (SSSR count). The number of carbonyl (C=O) groups is 1. The first kappa shape index (κ1) is 11.4. The predicted molar refractivity (Wildman–Crippen MR) is 51.7 cm³/mol. The fraction of sp³-hybridized carbons (Fsp3) is 0.889. The van der Waals surface area contributed by atoms with Gasteiger partial charge in [-0.15, -0.1) is 0 Å². The van der Waals surface area contributed by atoms with Crippen LogP contribution in [0, 0.1) is 0 Å². The van der Waals surface area contributed by atoms with Gasteiger partial charge in [-0.05, 0) is 19.3 Å². The van der Waals surface area contributed by atoms with Gasteiger partial charge in [-0.3, -0.25) is 4.79 Å². The van der Waals surface area contributed by atoms with Crippen molar-refractivity contribution in [2.45, 2.75) is 31.4 Å². The van der Waals surface area contributed by atoms with Crippen molar-refractivity contribution in [3.63, 3.8) is 0 Å². The normalized spacial score (nSPS) is 26.4. The zero-order valence-electron chi connectivity index (χ0n) is 8.20. The Morgan fingerprint density at radius 1 is 1.50 bits per heavy atom. The average molecular weight is 202 g/mol. The van der Waals surface area contributed by atoms with Crippen molar-refractivity contribution < 1.29 is 15.0 Å². The Morgan fingerprint density at radius 3 is 2.86 bits per heavy atom. The number of nitrogens with one attached hydrogen (secondary N) is 2. The maximum atomic E-state index is 11.4. The molecule has 5 heteroatoms. The molecule has 0 aliphatic carbocycles. The van der Waals surface area contributed by atoms with E-state index in [1.807, 2.05) is 0 Å². The zero-order valence-corrected chi connectivity index (χ0v) is 8.20. The summed E-state index contributed by atoms with van der Waals surface area (Å²) < 4.78 is 0. The lowest BCUT2D eigenvalue weighted by Crippen LogP contribution is -2.40. The van der Waals surface area contributed by atoms with E-state index in [1.165, 1.54) is 0 Å². The van der Waals surface area contributed by atoms with E-state index in [4.69, 9.17) is 5.11 Å². The Bertz CT molecular complexity index is 187. The topological polar surface area (TPSA) is 81.6 Å². The number of unbranched alkanes of at least 4 members (excludes halogenated alkanes) is 1. The van der Waals surface area contributed by atoms with Gasteiger partial charge < -0.3 is 20.8 Å². The number of β-amino-alcohol motifs (C(OH)–C–C–N with tert-alkyl or cyclic N) is 1. The Labute approximate surface area is 83.5 Å². The van der Waals surface area contributed by atoms with Gasteiger partial charge in [0.25, 0.3) is 0 Å². The molecule has 1 heterocycles. The molecule has 14 heavy (non-hydrogen) atoms. The van der Waals surface area contributed by atoms with E-state index in [9.17, 15) is 9.90 Å². The van der Waals surface area contributed by atoms with Crippen molar-refractivity contribution in [3.8, 4) is 0 Å². The fourth-order valence-electron chi connectivity index (χ4n) is 1.49. The average Bonchev–Trinajstić information content (AvgIpc) is 2.59. The molecule has 5 nitrogen and oxygen atoms in total. The van der Waals surface area contributed by atoms with Crippen LogP contribution in [0.15, 0.2) is 0 Å². The van der Waals surface area contributed by atoms with Gasteiger partial charge in [0, 0.05) is 19.7 Å². The van der Waals surface area contributed by atoms with Crippen LogP contribution in [0.4, 0.5) is 0 Å². The molecule has 2 unspecified atom stereocenters. The molecule has 1 aliphatic heterocycles. The maximum Gasteiger partial charge on any atom is 0.237 e. The van der Waals surface area contributed by atoms with Crippen LogP contribution < -0.4 is 10.6 Å². The number of hydrogen-bond donors (Lipinski definition) is 4. The van der Waals surface area contributed by atoms with E-state index in [1.54, 1.807) is 0 Å². The van der Waals surface area contributed by atoms with Crippen LogP contribution in [-0.4, -0.2) is 48.0 Å². The molecular weight excluding hydrogens is 184 g/mol. The molecule has 1 amide bonds. The second-order valence-corrected chi connectivity index (χ2v) is 3.57. The second-order valence-electron chi connectivity index (χ2n) is 3.57. The van der Waals surface area contributed by atoms with Crippen molar-refractivity contribution >= 4 is 5.91 Å². The van der Waals surface area contributed by atoms with Gasteiger partial charge in [-0.25, -0.2) is 0 Å². The van der Waals surface area contributed by atoms with Gasteiger partial charge in [0.2, 0.25) is 5.91 Å². The van der Waals surface area contributed by atoms with Crippen molar-refractivity contribution in [1.82, 2.24) is 10.6 Å². The Morgan fingerprint density at radius 2 is 2.29 bits per heavy atom. The molecule has 0 aromatic heterocycles. The Kier molecular flexibility index (Phi) is 4.86. The highest BCUT2D eigenvalue weighted by atomic mass is 16.3. The molecule has 82 valence electrons. The highest BCUT2D eigenvalue weighted by molar-refractivity contribution is 5.82. The first-order chi connectivity index (χ1) is 6.74. The van der Waals surface area contributed by atoms with Crippen LogP contribution in [0.25, 0.3) is 0 Å². The molecule has 0 radical (unpaired) electrons. The van der Waals surface area contributed by atoms with Crippen LogP contribution in [0.3, 0.4) is 0 Å². The van der Waals surface area contributed by atoms with Gasteiger partial charge >= 0.3 is 0 Å². The summed E-state index contributed by atoms with van der Waals surface area (Å²) in [7, 11) is 0. The summed E-state index contributed by atoms with van der Waals surface area (Å²) in [5.74, 6) is -0.0560. The molecule has 0 aromatic carbocycles. The van der Waals surface area contributed by atoms with Gasteiger partial charge in [0.15, 0.2) is 0 Å². The summed E-state index contributed by atoms with van der Waals surface area (Å²) >= 11 is 0. The number of rotatable bonds is 5. The molecule has 1 fully saturated rings. The van der Waals surface area contributed by atoms with E-state index >= 15 is 0 Å². The largest absolute Gasteiger partial charge is 0.396 e. The summed E-state index contributed by atoms with van der Waals surface area (Å²) in [5.41, 5.74) is 0. The van der Waals surface area contributed by atoms with Crippen molar-refractivity contribution in [2.24, 2.45) is 0 Å². The lowest BCUT2D eigenvalue weighted by molar-refractivity contribution is -0.122. The number of aliphatic hydroxyl groups is 2. The monoisotopic (exact) mass is 202 g/mol. The molecule has 0 spiro atoms. The molecule has 1 saturated heterocycles. The molecule has 0 bridgehead atoms. The number of carbonyl (C=O) groups excluding carboxylic acids is 1. The van der Waals surface area contributed by atoms with Crippen LogP contribution >= 0.6 is 0 Å². The maximum absolute atomic E-state index is 11.4. The minimum atomic E-state index is -0.400. The third-order valence-electron chi connectivity index (χ3n) is 2.31. The van der Waals surface area contributed by atoms with Crippen LogP contribution in [-0.2, 0) is 4.79 Å². The summed E-state index contributed by atoms with van der Waals surface area (Å²) in [6.07, 6.45) is 1.59. The van der Waals surface area contributed by atoms with Gasteiger partial charge in [-0.2, -0.15) is 0 Å². The third-order valence-corrected chi connectivity index (χ3v) is 2.31. The predicted octanol–water partition coefficient (Wildman–Crippen LogP) is -1.40. The highest BCUT2D eigenvalue weighted by Crippen LogP contribution is 2.05. The quantitative estimate of drug-likeness (QED) is 0.413. The number of amides is 1. The smallest absolute Gasteiger partial charge is 0.237 e. The molecule has 0 saturated carbocycles. The molecule has 4 N–H and O–H groups in total. The van der Waals surface area contributed by atoms with Crippen molar-refractivity contribution in [1.29, 1.82) is 0 Å². The highest BCUT2D eigenvalue weighted by Gasteiger charge is 2.27. The third kappa shape index (κ3) is 3.61. The summed E-state index contributed by atoms with van der Waals surface area (Å²) in [5, 5.41) is 23.4. The van der Waals surface area contributed by atoms with E-state index in [0.29, 0.717) is 25.9 Å². The van der Waals surface area contributed by atoms with E-state index in [-0.39, 0.29) is 18.6 Å². The minimum Gasteiger partial charge on any atom is -0.396 e. The van der Waals surface area contributed by atoms with Crippen molar-refractivity contribution in [3.05, 3.63) is 0 Å².